The SMILES string of the molecule is OCCCNc1ncnc2ccc(I)cc12. The normalized spacial score (nSPS) is 10.6. The molecule has 0 atom stereocenters. The summed E-state index contributed by atoms with van der Waals surface area (Å²) in [5, 5.41) is 12.9. The molecule has 0 bridgehead atoms. The number of rotatable bonds is 4. The summed E-state index contributed by atoms with van der Waals surface area (Å²) >= 11 is 2.27. The Balaban J connectivity index is 2.32. The van der Waals surface area contributed by atoms with Crippen molar-refractivity contribution in [1.29, 1.82) is 0 Å². The molecule has 2 N–H and O–H groups in total. The predicted octanol–water partition coefficient (Wildman–Crippen LogP) is 2.03. The highest BCUT2D eigenvalue weighted by atomic mass is 127. The van der Waals surface area contributed by atoms with Gasteiger partial charge >= 0.3 is 0 Å². The average Bonchev–Trinajstić information content (AvgIpc) is 2.30. The lowest BCUT2D eigenvalue weighted by Crippen LogP contribution is -2.05. The van der Waals surface area contributed by atoms with E-state index in [-0.39, 0.29) is 6.61 Å². The van der Waals surface area contributed by atoms with Gasteiger partial charge in [0.1, 0.15) is 12.1 Å². The number of halogens is 1. The van der Waals surface area contributed by atoms with Crippen LogP contribution in [0.25, 0.3) is 10.9 Å². The van der Waals surface area contributed by atoms with Gasteiger partial charge in [0.25, 0.3) is 0 Å². The van der Waals surface area contributed by atoms with E-state index in [4.69, 9.17) is 5.11 Å². The molecule has 0 aliphatic rings. The van der Waals surface area contributed by atoms with Crippen molar-refractivity contribution in [1.82, 2.24) is 9.97 Å². The van der Waals surface area contributed by atoms with Gasteiger partial charge in [0.05, 0.1) is 5.52 Å². The lowest BCUT2D eigenvalue weighted by Gasteiger charge is -2.07. The van der Waals surface area contributed by atoms with Crippen molar-refractivity contribution in [2.45, 2.75) is 6.42 Å². The molecule has 0 saturated carbocycles. The standard InChI is InChI=1S/C11H12IN3O/c12-8-2-3-10-9(6-8)11(15-7-14-10)13-4-1-5-16/h2-3,6-7,16H,1,4-5H2,(H,13,14,15). The largest absolute Gasteiger partial charge is 0.396 e. The number of nitrogens with zero attached hydrogens (tertiary/aromatic N) is 2. The molecule has 84 valence electrons. The second-order valence-electron chi connectivity index (χ2n) is 3.39. The van der Waals surface area contributed by atoms with Gasteiger partial charge in [-0.25, -0.2) is 9.97 Å². The number of anilines is 1. The molecular formula is C11H12IN3O. The van der Waals surface area contributed by atoms with E-state index in [2.05, 4.69) is 43.9 Å². The lowest BCUT2D eigenvalue weighted by atomic mass is 10.2. The Morgan fingerprint density at radius 3 is 3.00 bits per heavy atom. The topological polar surface area (TPSA) is 58.0 Å². The van der Waals surface area contributed by atoms with E-state index in [1.807, 2.05) is 12.1 Å². The Bertz CT molecular complexity index is 490. The number of nitrogens with one attached hydrogen (secondary N) is 1. The summed E-state index contributed by atoms with van der Waals surface area (Å²) in [7, 11) is 0. The van der Waals surface area contributed by atoms with Crippen molar-refractivity contribution in [3.8, 4) is 0 Å². The number of hydrogen-bond acceptors (Lipinski definition) is 4. The summed E-state index contributed by atoms with van der Waals surface area (Å²) in [4.78, 5) is 8.42. The molecule has 5 heteroatoms. The zero-order chi connectivity index (χ0) is 11.4. The minimum Gasteiger partial charge on any atom is -0.396 e. The molecule has 0 aliphatic heterocycles. The summed E-state index contributed by atoms with van der Waals surface area (Å²) in [6, 6.07) is 6.06. The summed E-state index contributed by atoms with van der Waals surface area (Å²) < 4.78 is 1.16. The number of hydrogen-bond donors (Lipinski definition) is 2. The monoisotopic (exact) mass is 329 g/mol. The van der Waals surface area contributed by atoms with E-state index < -0.39 is 0 Å². The molecule has 0 spiro atoms. The molecule has 2 aromatic rings. The van der Waals surface area contributed by atoms with Crippen LogP contribution in [0.15, 0.2) is 24.5 Å². The van der Waals surface area contributed by atoms with Crippen molar-refractivity contribution >= 4 is 39.3 Å². The molecule has 1 heterocycles. The average molecular weight is 329 g/mol. The quantitative estimate of drug-likeness (QED) is 0.666. The number of aromatic nitrogens is 2. The first kappa shape index (κ1) is 11.5. The molecule has 2 rings (SSSR count). The molecule has 1 aromatic carbocycles. The summed E-state index contributed by atoms with van der Waals surface area (Å²) in [6.07, 6.45) is 2.27. The third kappa shape index (κ3) is 2.59. The second-order valence-corrected chi connectivity index (χ2v) is 4.63. The molecule has 0 fully saturated rings. The van der Waals surface area contributed by atoms with Gasteiger partial charge in [-0.3, -0.25) is 0 Å². The van der Waals surface area contributed by atoms with Gasteiger partial charge < -0.3 is 10.4 Å². The van der Waals surface area contributed by atoms with E-state index in [0.29, 0.717) is 6.54 Å². The van der Waals surface area contributed by atoms with Gasteiger partial charge in [0, 0.05) is 22.1 Å². The molecular weight excluding hydrogens is 317 g/mol. The van der Waals surface area contributed by atoms with Crippen LogP contribution in [0.5, 0.6) is 0 Å². The van der Waals surface area contributed by atoms with Crippen LogP contribution in [0.3, 0.4) is 0 Å². The Hall–Kier alpha value is -0.950. The van der Waals surface area contributed by atoms with Crippen LogP contribution in [-0.2, 0) is 0 Å². The molecule has 1 aromatic heterocycles. The van der Waals surface area contributed by atoms with E-state index in [1.54, 1.807) is 6.33 Å². The first-order valence-corrected chi connectivity index (χ1v) is 6.14. The minimum absolute atomic E-state index is 0.188. The van der Waals surface area contributed by atoms with Crippen LogP contribution >= 0.6 is 22.6 Å². The van der Waals surface area contributed by atoms with Crippen LogP contribution < -0.4 is 5.32 Å². The van der Waals surface area contributed by atoms with Gasteiger partial charge in [-0.2, -0.15) is 0 Å². The van der Waals surface area contributed by atoms with Crippen LogP contribution in [0.2, 0.25) is 0 Å². The van der Waals surface area contributed by atoms with Crippen LogP contribution in [0.4, 0.5) is 5.82 Å². The fourth-order valence-corrected chi connectivity index (χ4v) is 1.95. The Kier molecular flexibility index (Phi) is 3.89. The molecule has 0 aliphatic carbocycles. The van der Waals surface area contributed by atoms with Crippen molar-refractivity contribution < 1.29 is 5.11 Å². The van der Waals surface area contributed by atoms with Gasteiger partial charge in [-0.15, -0.1) is 0 Å². The third-order valence-electron chi connectivity index (χ3n) is 2.22. The molecule has 4 nitrogen and oxygen atoms in total. The Labute approximate surface area is 107 Å². The maximum Gasteiger partial charge on any atom is 0.137 e. The number of fused-ring (bicyclic) bond motifs is 1. The molecule has 0 amide bonds. The van der Waals surface area contributed by atoms with E-state index in [9.17, 15) is 0 Å². The van der Waals surface area contributed by atoms with Crippen LogP contribution in [0, 0.1) is 3.57 Å². The first-order chi connectivity index (χ1) is 7.81. The van der Waals surface area contributed by atoms with Crippen molar-refractivity contribution in [3.05, 3.63) is 28.1 Å². The van der Waals surface area contributed by atoms with Crippen LogP contribution in [-0.4, -0.2) is 28.2 Å². The van der Waals surface area contributed by atoms with Crippen molar-refractivity contribution in [2.75, 3.05) is 18.5 Å². The lowest BCUT2D eigenvalue weighted by molar-refractivity contribution is 0.292. The third-order valence-corrected chi connectivity index (χ3v) is 2.90. The van der Waals surface area contributed by atoms with Crippen molar-refractivity contribution in [3.63, 3.8) is 0 Å². The van der Waals surface area contributed by atoms with Crippen molar-refractivity contribution in [2.24, 2.45) is 0 Å². The molecule has 0 saturated heterocycles. The zero-order valence-electron chi connectivity index (χ0n) is 8.65. The number of aliphatic hydroxyl groups excluding tert-OH is 1. The summed E-state index contributed by atoms with van der Waals surface area (Å²) in [5.41, 5.74) is 0.932. The zero-order valence-corrected chi connectivity index (χ0v) is 10.8. The fraction of sp³-hybridized carbons (Fsp3) is 0.273. The smallest absolute Gasteiger partial charge is 0.137 e. The first-order valence-electron chi connectivity index (χ1n) is 5.06. The van der Waals surface area contributed by atoms with Gasteiger partial charge in [-0.05, 0) is 47.2 Å². The Morgan fingerprint density at radius 1 is 1.31 bits per heavy atom. The van der Waals surface area contributed by atoms with Crippen LogP contribution in [0.1, 0.15) is 6.42 Å². The molecule has 0 unspecified atom stereocenters. The maximum absolute atomic E-state index is 8.73. The number of aliphatic hydroxyl groups is 1. The molecule has 16 heavy (non-hydrogen) atoms. The highest BCUT2D eigenvalue weighted by Gasteiger charge is 2.03. The highest BCUT2D eigenvalue weighted by molar-refractivity contribution is 14.1. The minimum atomic E-state index is 0.188. The molecule has 0 radical (unpaired) electrons. The van der Waals surface area contributed by atoms with Gasteiger partial charge in [-0.1, -0.05) is 0 Å². The maximum atomic E-state index is 8.73. The predicted molar refractivity (Wildman–Crippen MR) is 72.4 cm³/mol. The van der Waals surface area contributed by atoms with Gasteiger partial charge in [0.2, 0.25) is 0 Å². The summed E-state index contributed by atoms with van der Waals surface area (Å²) in [6.45, 7) is 0.904. The number of benzene rings is 1. The van der Waals surface area contributed by atoms with Gasteiger partial charge in [0.15, 0.2) is 0 Å². The Morgan fingerprint density at radius 2 is 2.19 bits per heavy atom. The fourth-order valence-electron chi connectivity index (χ4n) is 1.46. The van der Waals surface area contributed by atoms with E-state index in [0.717, 1.165) is 26.7 Å². The highest BCUT2D eigenvalue weighted by Crippen LogP contribution is 2.21. The van der Waals surface area contributed by atoms with E-state index in [1.165, 1.54) is 0 Å². The second kappa shape index (κ2) is 5.40. The summed E-state index contributed by atoms with van der Waals surface area (Å²) in [5.74, 6) is 0.831. The van der Waals surface area contributed by atoms with E-state index >= 15 is 0 Å².